The van der Waals surface area contributed by atoms with E-state index < -0.39 is 0 Å². The lowest BCUT2D eigenvalue weighted by atomic mass is 10.2. The zero-order valence-electron chi connectivity index (χ0n) is 10.1. The molecule has 4 heteroatoms. The molecule has 0 unspecified atom stereocenters. The number of para-hydroxylation sites is 1. The Kier molecular flexibility index (Phi) is 4.26. The molecular weight excluding hydrogens is 236 g/mol. The van der Waals surface area contributed by atoms with Crippen molar-refractivity contribution in [2.75, 3.05) is 20.1 Å². The van der Waals surface area contributed by atoms with Crippen LogP contribution in [0.25, 0.3) is 0 Å². The average Bonchev–Trinajstić information content (AvgIpc) is 3.13. The van der Waals surface area contributed by atoms with Gasteiger partial charge in [-0.15, -0.1) is 0 Å². The van der Waals surface area contributed by atoms with E-state index in [0.29, 0.717) is 11.6 Å². The molecule has 1 aliphatic rings. The van der Waals surface area contributed by atoms with Gasteiger partial charge in [-0.25, -0.2) is 0 Å². The van der Waals surface area contributed by atoms with Gasteiger partial charge in [0.05, 0.1) is 5.02 Å². The number of phenols is 1. The van der Waals surface area contributed by atoms with E-state index in [1.807, 2.05) is 12.1 Å². The summed E-state index contributed by atoms with van der Waals surface area (Å²) in [4.78, 5) is 2.38. The summed E-state index contributed by atoms with van der Waals surface area (Å²) in [6.45, 7) is 2.63. The van der Waals surface area contributed by atoms with Crippen LogP contribution >= 0.6 is 11.6 Å². The second-order valence-corrected chi connectivity index (χ2v) is 5.04. The van der Waals surface area contributed by atoms with Gasteiger partial charge in [-0.05, 0) is 26.0 Å². The highest BCUT2D eigenvalue weighted by molar-refractivity contribution is 6.32. The Labute approximate surface area is 107 Å². The minimum Gasteiger partial charge on any atom is -0.506 e. The molecule has 0 aromatic heterocycles. The van der Waals surface area contributed by atoms with E-state index >= 15 is 0 Å². The lowest BCUT2D eigenvalue weighted by Gasteiger charge is -2.16. The van der Waals surface area contributed by atoms with Crippen LogP contribution in [-0.4, -0.2) is 36.2 Å². The fourth-order valence-electron chi connectivity index (χ4n) is 1.88. The Hall–Kier alpha value is -0.770. The van der Waals surface area contributed by atoms with Crippen molar-refractivity contribution in [2.24, 2.45) is 0 Å². The van der Waals surface area contributed by atoms with Crippen LogP contribution in [0.15, 0.2) is 18.2 Å². The SMILES string of the molecule is CN(CCNCc1cccc(Cl)c1O)C1CC1. The number of likely N-dealkylation sites (N-methyl/N-ethyl adjacent to an activating group) is 1. The third kappa shape index (κ3) is 3.60. The van der Waals surface area contributed by atoms with E-state index in [9.17, 15) is 5.11 Å². The number of phenolic OH excluding ortho intramolecular Hbond substituents is 1. The molecule has 1 fully saturated rings. The van der Waals surface area contributed by atoms with Crippen molar-refractivity contribution in [2.45, 2.75) is 25.4 Å². The van der Waals surface area contributed by atoms with Gasteiger partial charge in [0, 0.05) is 31.2 Å². The van der Waals surface area contributed by atoms with E-state index in [1.165, 1.54) is 12.8 Å². The van der Waals surface area contributed by atoms with Gasteiger partial charge in [-0.1, -0.05) is 23.7 Å². The molecule has 0 heterocycles. The van der Waals surface area contributed by atoms with E-state index in [-0.39, 0.29) is 5.75 Å². The van der Waals surface area contributed by atoms with E-state index in [0.717, 1.165) is 24.7 Å². The van der Waals surface area contributed by atoms with Crippen LogP contribution in [0, 0.1) is 0 Å². The smallest absolute Gasteiger partial charge is 0.138 e. The number of benzene rings is 1. The molecule has 0 spiro atoms. The predicted octanol–water partition coefficient (Wildman–Crippen LogP) is 2.23. The maximum atomic E-state index is 9.72. The van der Waals surface area contributed by atoms with Crippen molar-refractivity contribution in [3.05, 3.63) is 28.8 Å². The molecule has 1 aliphatic carbocycles. The molecule has 94 valence electrons. The lowest BCUT2D eigenvalue weighted by Crippen LogP contribution is -2.30. The number of aromatic hydroxyl groups is 1. The van der Waals surface area contributed by atoms with Crippen LogP contribution < -0.4 is 5.32 Å². The highest BCUT2D eigenvalue weighted by Crippen LogP contribution is 2.27. The largest absolute Gasteiger partial charge is 0.506 e. The Morgan fingerprint density at radius 1 is 1.47 bits per heavy atom. The predicted molar refractivity (Wildman–Crippen MR) is 70.5 cm³/mol. The fourth-order valence-corrected chi connectivity index (χ4v) is 2.07. The van der Waals surface area contributed by atoms with Gasteiger partial charge < -0.3 is 15.3 Å². The zero-order chi connectivity index (χ0) is 12.3. The van der Waals surface area contributed by atoms with Gasteiger partial charge in [-0.3, -0.25) is 0 Å². The summed E-state index contributed by atoms with van der Waals surface area (Å²) in [6.07, 6.45) is 2.68. The van der Waals surface area contributed by atoms with Crippen molar-refractivity contribution < 1.29 is 5.11 Å². The average molecular weight is 255 g/mol. The number of hydrogen-bond acceptors (Lipinski definition) is 3. The Bertz CT molecular complexity index is 380. The highest BCUT2D eigenvalue weighted by Gasteiger charge is 2.25. The van der Waals surface area contributed by atoms with E-state index in [1.54, 1.807) is 6.07 Å². The zero-order valence-corrected chi connectivity index (χ0v) is 10.9. The summed E-state index contributed by atoms with van der Waals surface area (Å²) < 4.78 is 0. The Balaban J connectivity index is 1.72. The first-order valence-electron chi connectivity index (χ1n) is 6.06. The number of rotatable bonds is 6. The molecule has 0 saturated heterocycles. The molecular formula is C13H19ClN2O. The molecule has 0 amide bonds. The number of halogens is 1. The molecule has 17 heavy (non-hydrogen) atoms. The standard InChI is InChI=1S/C13H19ClN2O/c1-16(11-5-6-11)8-7-15-9-10-3-2-4-12(14)13(10)17/h2-4,11,15,17H,5-9H2,1H3. The monoisotopic (exact) mass is 254 g/mol. The molecule has 2 N–H and O–H groups in total. The molecule has 1 aromatic rings. The van der Waals surface area contributed by atoms with Crippen LogP contribution in [0.2, 0.25) is 5.02 Å². The normalized spacial score (nSPS) is 15.5. The van der Waals surface area contributed by atoms with Crippen LogP contribution in [0.4, 0.5) is 0 Å². The molecule has 0 atom stereocenters. The quantitative estimate of drug-likeness (QED) is 0.765. The molecule has 0 bridgehead atoms. The minimum atomic E-state index is 0.192. The topological polar surface area (TPSA) is 35.5 Å². The first-order chi connectivity index (χ1) is 8.18. The van der Waals surface area contributed by atoms with Crippen LogP contribution in [0.1, 0.15) is 18.4 Å². The summed E-state index contributed by atoms with van der Waals surface area (Å²) in [5.74, 6) is 0.192. The summed E-state index contributed by atoms with van der Waals surface area (Å²) in [7, 11) is 2.16. The Morgan fingerprint density at radius 3 is 2.94 bits per heavy atom. The van der Waals surface area contributed by atoms with Gasteiger partial charge in [0.1, 0.15) is 5.75 Å². The maximum Gasteiger partial charge on any atom is 0.138 e. The molecule has 2 rings (SSSR count). The summed E-state index contributed by atoms with van der Waals surface area (Å²) >= 11 is 5.84. The van der Waals surface area contributed by atoms with Gasteiger partial charge in [0.25, 0.3) is 0 Å². The highest BCUT2D eigenvalue weighted by atomic mass is 35.5. The molecule has 0 aliphatic heterocycles. The van der Waals surface area contributed by atoms with Crippen LogP contribution in [-0.2, 0) is 6.54 Å². The summed E-state index contributed by atoms with van der Waals surface area (Å²) in [5, 5.41) is 13.5. The van der Waals surface area contributed by atoms with Crippen molar-refractivity contribution in [1.82, 2.24) is 10.2 Å². The third-order valence-corrected chi connectivity index (χ3v) is 3.50. The number of nitrogens with zero attached hydrogens (tertiary/aromatic N) is 1. The molecule has 1 aromatic carbocycles. The summed E-state index contributed by atoms with van der Waals surface area (Å²) in [6, 6.07) is 6.24. The third-order valence-electron chi connectivity index (χ3n) is 3.20. The first kappa shape index (κ1) is 12.7. The van der Waals surface area contributed by atoms with Crippen molar-refractivity contribution in [3.8, 4) is 5.75 Å². The van der Waals surface area contributed by atoms with Crippen LogP contribution in [0.3, 0.4) is 0 Å². The number of nitrogens with one attached hydrogen (secondary N) is 1. The van der Waals surface area contributed by atoms with Crippen molar-refractivity contribution in [3.63, 3.8) is 0 Å². The van der Waals surface area contributed by atoms with Gasteiger partial charge in [-0.2, -0.15) is 0 Å². The Morgan fingerprint density at radius 2 is 2.24 bits per heavy atom. The first-order valence-corrected chi connectivity index (χ1v) is 6.43. The fraction of sp³-hybridized carbons (Fsp3) is 0.538. The molecule has 1 saturated carbocycles. The van der Waals surface area contributed by atoms with Gasteiger partial charge >= 0.3 is 0 Å². The lowest BCUT2D eigenvalue weighted by molar-refractivity contribution is 0.321. The van der Waals surface area contributed by atoms with E-state index in [2.05, 4.69) is 17.3 Å². The van der Waals surface area contributed by atoms with Crippen molar-refractivity contribution >= 4 is 11.6 Å². The molecule has 0 radical (unpaired) electrons. The maximum absolute atomic E-state index is 9.72. The minimum absolute atomic E-state index is 0.192. The second kappa shape index (κ2) is 5.71. The van der Waals surface area contributed by atoms with Crippen LogP contribution in [0.5, 0.6) is 5.75 Å². The van der Waals surface area contributed by atoms with Crippen molar-refractivity contribution in [1.29, 1.82) is 0 Å². The van der Waals surface area contributed by atoms with Gasteiger partial charge in [0.2, 0.25) is 0 Å². The molecule has 3 nitrogen and oxygen atoms in total. The second-order valence-electron chi connectivity index (χ2n) is 4.64. The number of hydrogen-bond donors (Lipinski definition) is 2. The van der Waals surface area contributed by atoms with E-state index in [4.69, 9.17) is 11.6 Å². The van der Waals surface area contributed by atoms with Gasteiger partial charge in [0.15, 0.2) is 0 Å². The summed E-state index contributed by atoms with van der Waals surface area (Å²) in [5.41, 5.74) is 0.853.